The van der Waals surface area contributed by atoms with E-state index in [1.54, 1.807) is 6.07 Å². The van der Waals surface area contributed by atoms with E-state index >= 15 is 0 Å². The molecule has 19 heavy (non-hydrogen) atoms. The molecular formula is C13H13Cl2NO3. The molecule has 1 aromatic carbocycles. The standard InChI is InChI=1S/C13H13Cl2NO3/c14-9-5-10-7(4-12(17)16-10)3-8(9)13(15)11-6-18-1-2-19-11/h3,5,11,13H,1-2,4,6H2,(H,16,17). The van der Waals surface area contributed by atoms with Gasteiger partial charge in [0.1, 0.15) is 6.10 Å². The van der Waals surface area contributed by atoms with E-state index < -0.39 is 0 Å². The average molecular weight is 302 g/mol. The maximum Gasteiger partial charge on any atom is 0.228 e. The topological polar surface area (TPSA) is 47.6 Å². The van der Waals surface area contributed by atoms with Gasteiger partial charge in [-0.3, -0.25) is 4.79 Å². The van der Waals surface area contributed by atoms with Crippen LogP contribution in [0.15, 0.2) is 12.1 Å². The quantitative estimate of drug-likeness (QED) is 0.854. The first-order valence-electron chi connectivity index (χ1n) is 6.11. The summed E-state index contributed by atoms with van der Waals surface area (Å²) in [5.41, 5.74) is 2.48. The van der Waals surface area contributed by atoms with Crippen LogP contribution in [-0.4, -0.2) is 31.8 Å². The molecule has 1 amide bonds. The predicted molar refractivity (Wildman–Crippen MR) is 72.9 cm³/mol. The largest absolute Gasteiger partial charge is 0.376 e. The van der Waals surface area contributed by atoms with E-state index in [1.807, 2.05) is 6.07 Å². The van der Waals surface area contributed by atoms with E-state index in [0.29, 0.717) is 31.3 Å². The summed E-state index contributed by atoms with van der Waals surface area (Å²) < 4.78 is 10.9. The Balaban J connectivity index is 1.88. The summed E-state index contributed by atoms with van der Waals surface area (Å²) in [4.78, 5) is 11.4. The number of hydrogen-bond acceptors (Lipinski definition) is 3. The van der Waals surface area contributed by atoms with E-state index in [2.05, 4.69) is 5.32 Å². The van der Waals surface area contributed by atoms with Crippen molar-refractivity contribution in [3.63, 3.8) is 0 Å². The highest BCUT2D eigenvalue weighted by Crippen LogP contribution is 2.37. The van der Waals surface area contributed by atoms with Gasteiger partial charge < -0.3 is 14.8 Å². The van der Waals surface area contributed by atoms with Crippen molar-refractivity contribution in [2.24, 2.45) is 0 Å². The Hall–Kier alpha value is -0.810. The van der Waals surface area contributed by atoms with Crippen LogP contribution in [0.5, 0.6) is 0 Å². The molecule has 0 saturated carbocycles. The van der Waals surface area contributed by atoms with E-state index in [9.17, 15) is 4.79 Å². The molecule has 2 heterocycles. The molecule has 2 aliphatic heterocycles. The zero-order chi connectivity index (χ0) is 13.4. The smallest absolute Gasteiger partial charge is 0.228 e. The number of anilines is 1. The Kier molecular flexibility index (Phi) is 3.67. The Bertz CT molecular complexity index is 515. The number of hydrogen-bond donors (Lipinski definition) is 1. The van der Waals surface area contributed by atoms with E-state index in [1.165, 1.54) is 0 Å². The van der Waals surface area contributed by atoms with Gasteiger partial charge in [0, 0.05) is 10.7 Å². The number of halogens is 2. The van der Waals surface area contributed by atoms with Gasteiger partial charge in [-0.1, -0.05) is 17.7 Å². The number of rotatable bonds is 2. The summed E-state index contributed by atoms with van der Waals surface area (Å²) in [6.45, 7) is 1.59. The maximum atomic E-state index is 11.4. The minimum absolute atomic E-state index is 0.0217. The van der Waals surface area contributed by atoms with Crippen LogP contribution in [0, 0.1) is 0 Å². The van der Waals surface area contributed by atoms with Crippen molar-refractivity contribution in [2.45, 2.75) is 17.9 Å². The molecule has 1 saturated heterocycles. The van der Waals surface area contributed by atoms with Crippen molar-refractivity contribution >= 4 is 34.8 Å². The molecule has 102 valence electrons. The molecule has 0 aliphatic carbocycles. The fraction of sp³-hybridized carbons (Fsp3) is 0.462. The van der Waals surface area contributed by atoms with Gasteiger partial charge in [0.05, 0.1) is 31.6 Å². The number of nitrogens with one attached hydrogen (secondary N) is 1. The Labute approximate surface area is 121 Å². The van der Waals surface area contributed by atoms with E-state index in [-0.39, 0.29) is 17.4 Å². The molecule has 1 aromatic rings. The molecule has 1 N–H and O–H groups in total. The second-order valence-electron chi connectivity index (χ2n) is 4.64. The number of amides is 1. The van der Waals surface area contributed by atoms with Crippen LogP contribution in [0.2, 0.25) is 5.02 Å². The lowest BCUT2D eigenvalue weighted by atomic mass is 10.0. The highest BCUT2D eigenvalue weighted by Gasteiger charge is 2.28. The second-order valence-corrected chi connectivity index (χ2v) is 5.52. The van der Waals surface area contributed by atoms with Gasteiger partial charge in [-0.15, -0.1) is 11.6 Å². The van der Waals surface area contributed by atoms with Crippen LogP contribution in [0.3, 0.4) is 0 Å². The second kappa shape index (κ2) is 5.29. The van der Waals surface area contributed by atoms with Gasteiger partial charge in [-0.2, -0.15) is 0 Å². The first-order valence-corrected chi connectivity index (χ1v) is 6.92. The van der Waals surface area contributed by atoms with Gasteiger partial charge in [0.25, 0.3) is 0 Å². The van der Waals surface area contributed by atoms with Crippen LogP contribution in [0.1, 0.15) is 16.5 Å². The van der Waals surface area contributed by atoms with Crippen LogP contribution in [-0.2, 0) is 20.7 Å². The molecule has 0 spiro atoms. The summed E-state index contributed by atoms with van der Waals surface area (Å²) in [5.74, 6) is -0.0217. The molecule has 0 radical (unpaired) electrons. The minimum atomic E-state index is -0.381. The predicted octanol–water partition coefficient (Wildman–Crippen LogP) is 2.53. The van der Waals surface area contributed by atoms with Gasteiger partial charge in [0.15, 0.2) is 0 Å². The lowest BCUT2D eigenvalue weighted by Crippen LogP contribution is -2.32. The lowest BCUT2D eigenvalue weighted by Gasteiger charge is -2.27. The molecule has 1 fully saturated rings. The highest BCUT2D eigenvalue weighted by molar-refractivity contribution is 6.33. The van der Waals surface area contributed by atoms with Crippen LogP contribution in [0.25, 0.3) is 0 Å². The van der Waals surface area contributed by atoms with Crippen molar-refractivity contribution in [3.8, 4) is 0 Å². The van der Waals surface area contributed by atoms with Crippen molar-refractivity contribution in [2.75, 3.05) is 25.1 Å². The zero-order valence-electron chi connectivity index (χ0n) is 10.1. The summed E-state index contributed by atoms with van der Waals surface area (Å²) in [7, 11) is 0. The van der Waals surface area contributed by atoms with Gasteiger partial charge in [-0.05, 0) is 17.2 Å². The monoisotopic (exact) mass is 301 g/mol. The third kappa shape index (κ3) is 2.58. The third-order valence-corrected chi connectivity index (χ3v) is 4.16. The molecule has 6 heteroatoms. The molecule has 0 aromatic heterocycles. The number of carbonyl (C=O) groups is 1. The summed E-state index contributed by atoms with van der Waals surface area (Å²) in [5, 5.41) is 2.92. The van der Waals surface area contributed by atoms with Crippen LogP contribution < -0.4 is 5.32 Å². The molecule has 2 unspecified atom stereocenters. The van der Waals surface area contributed by atoms with Gasteiger partial charge in [-0.25, -0.2) is 0 Å². The number of fused-ring (bicyclic) bond motifs is 1. The van der Waals surface area contributed by atoms with Crippen molar-refractivity contribution in [3.05, 3.63) is 28.3 Å². The summed E-state index contributed by atoms with van der Waals surface area (Å²) in [6, 6.07) is 3.63. The van der Waals surface area contributed by atoms with Crippen molar-refractivity contribution < 1.29 is 14.3 Å². The van der Waals surface area contributed by atoms with E-state index in [4.69, 9.17) is 32.7 Å². The Morgan fingerprint density at radius 3 is 2.95 bits per heavy atom. The minimum Gasteiger partial charge on any atom is -0.376 e. The summed E-state index contributed by atoms with van der Waals surface area (Å²) in [6.07, 6.45) is 0.154. The van der Waals surface area contributed by atoms with Crippen molar-refractivity contribution in [1.29, 1.82) is 0 Å². The lowest BCUT2D eigenvalue weighted by molar-refractivity contribution is -0.115. The number of alkyl halides is 1. The molecule has 4 nitrogen and oxygen atoms in total. The fourth-order valence-electron chi connectivity index (χ4n) is 2.35. The fourth-order valence-corrected chi connectivity index (χ4v) is 3.02. The third-order valence-electron chi connectivity index (χ3n) is 3.31. The first-order chi connectivity index (χ1) is 9.15. The maximum absolute atomic E-state index is 11.4. The average Bonchev–Trinajstić information content (AvgIpc) is 2.77. The molecule has 2 atom stereocenters. The SMILES string of the molecule is O=C1Cc2cc(C(Cl)C3COCCO3)c(Cl)cc2N1. The highest BCUT2D eigenvalue weighted by atomic mass is 35.5. The number of ether oxygens (including phenoxy) is 2. The van der Waals surface area contributed by atoms with Gasteiger partial charge >= 0.3 is 0 Å². The molecular weight excluding hydrogens is 289 g/mol. The molecule has 3 rings (SSSR count). The number of carbonyl (C=O) groups excluding carboxylic acids is 1. The first kappa shape index (κ1) is 13.2. The molecule has 2 aliphatic rings. The van der Waals surface area contributed by atoms with Crippen LogP contribution in [0.4, 0.5) is 5.69 Å². The molecule has 0 bridgehead atoms. The Morgan fingerprint density at radius 1 is 1.37 bits per heavy atom. The van der Waals surface area contributed by atoms with Crippen LogP contribution >= 0.6 is 23.2 Å². The van der Waals surface area contributed by atoms with Crippen molar-refractivity contribution in [1.82, 2.24) is 0 Å². The van der Waals surface area contributed by atoms with Gasteiger partial charge in [0.2, 0.25) is 5.91 Å². The van der Waals surface area contributed by atoms with E-state index in [0.717, 1.165) is 16.8 Å². The zero-order valence-corrected chi connectivity index (χ0v) is 11.6. The number of benzene rings is 1. The Morgan fingerprint density at radius 2 is 2.21 bits per heavy atom. The normalized spacial score (nSPS) is 23.9. The summed E-state index contributed by atoms with van der Waals surface area (Å²) >= 11 is 12.7.